The molecule has 2 aromatic heterocycles. The van der Waals surface area contributed by atoms with Gasteiger partial charge in [-0.1, -0.05) is 0 Å². The molecule has 0 N–H and O–H groups in total. The van der Waals surface area contributed by atoms with Crippen molar-refractivity contribution in [1.29, 1.82) is 0 Å². The molecule has 1 fully saturated rings. The Morgan fingerprint density at radius 2 is 1.81 bits per heavy atom. The molecule has 3 heterocycles. The minimum Gasteiger partial charge on any atom is -0.495 e. The zero-order valence-corrected chi connectivity index (χ0v) is 17.7. The lowest BCUT2D eigenvalue weighted by atomic mass is 10.0. The summed E-state index contributed by atoms with van der Waals surface area (Å²) in [7, 11) is 3.38. The summed E-state index contributed by atoms with van der Waals surface area (Å²) in [6.07, 6.45) is 3.24. The SMILES string of the molecule is COc1cc2ncnc(-c3cn(C)nc3-c3ccc(F)cc3F)c2cc1N1CCOCC1. The third-order valence-corrected chi connectivity index (χ3v) is 5.56. The van der Waals surface area contributed by atoms with Gasteiger partial charge in [0, 0.05) is 55.0 Å². The number of fused-ring (bicyclic) bond motifs is 1. The number of hydrogen-bond donors (Lipinski definition) is 0. The summed E-state index contributed by atoms with van der Waals surface area (Å²) < 4.78 is 40.8. The summed E-state index contributed by atoms with van der Waals surface area (Å²) in [5.41, 5.74) is 3.43. The van der Waals surface area contributed by atoms with Crippen LogP contribution in [0.3, 0.4) is 0 Å². The van der Waals surface area contributed by atoms with E-state index in [2.05, 4.69) is 20.0 Å². The maximum absolute atomic E-state index is 14.6. The maximum atomic E-state index is 14.6. The molecule has 0 atom stereocenters. The van der Waals surface area contributed by atoms with E-state index in [1.165, 1.54) is 18.5 Å². The van der Waals surface area contributed by atoms with Crippen LogP contribution in [0.5, 0.6) is 5.75 Å². The lowest BCUT2D eigenvalue weighted by molar-refractivity contribution is 0.122. The van der Waals surface area contributed by atoms with Gasteiger partial charge in [0.2, 0.25) is 0 Å². The van der Waals surface area contributed by atoms with Gasteiger partial charge < -0.3 is 14.4 Å². The molecular formula is C23H21F2N5O2. The average molecular weight is 437 g/mol. The highest BCUT2D eigenvalue weighted by molar-refractivity contribution is 5.98. The van der Waals surface area contributed by atoms with E-state index < -0.39 is 11.6 Å². The molecule has 164 valence electrons. The van der Waals surface area contributed by atoms with Crippen molar-refractivity contribution in [3.63, 3.8) is 0 Å². The summed E-state index contributed by atoms with van der Waals surface area (Å²) in [5.74, 6) is -0.613. The van der Waals surface area contributed by atoms with Crippen molar-refractivity contribution in [2.45, 2.75) is 0 Å². The molecule has 2 aromatic carbocycles. The van der Waals surface area contributed by atoms with Gasteiger partial charge in [0.25, 0.3) is 0 Å². The van der Waals surface area contributed by atoms with Gasteiger partial charge >= 0.3 is 0 Å². The largest absolute Gasteiger partial charge is 0.495 e. The van der Waals surface area contributed by atoms with E-state index in [0.717, 1.165) is 30.2 Å². The van der Waals surface area contributed by atoms with Crippen LogP contribution >= 0.6 is 0 Å². The van der Waals surface area contributed by atoms with Crippen LogP contribution < -0.4 is 9.64 Å². The van der Waals surface area contributed by atoms with E-state index >= 15 is 0 Å². The van der Waals surface area contributed by atoms with Crippen LogP contribution in [0, 0.1) is 11.6 Å². The molecule has 7 nitrogen and oxygen atoms in total. The van der Waals surface area contributed by atoms with Crippen molar-refractivity contribution >= 4 is 16.6 Å². The normalized spacial score (nSPS) is 14.2. The topological polar surface area (TPSA) is 65.3 Å². The van der Waals surface area contributed by atoms with Crippen LogP contribution in [0.1, 0.15) is 0 Å². The van der Waals surface area contributed by atoms with E-state index in [0.29, 0.717) is 41.4 Å². The Hall–Kier alpha value is -3.59. The quantitative estimate of drug-likeness (QED) is 0.484. The second-order valence-corrected chi connectivity index (χ2v) is 7.55. The Bertz CT molecular complexity index is 1300. The van der Waals surface area contributed by atoms with Crippen molar-refractivity contribution < 1.29 is 18.3 Å². The number of aryl methyl sites for hydroxylation is 1. The van der Waals surface area contributed by atoms with Gasteiger partial charge in [0.15, 0.2) is 0 Å². The van der Waals surface area contributed by atoms with Gasteiger partial charge in [0.05, 0.1) is 37.2 Å². The van der Waals surface area contributed by atoms with Crippen molar-refractivity contribution in [2.24, 2.45) is 7.05 Å². The standard InChI is InChI=1S/C23H21F2N5O2/c1-29-12-17(23(28-29)15-4-3-14(24)9-18(15)25)22-16-10-20(30-5-7-32-8-6-30)21(31-2)11-19(16)26-13-27-22/h3-4,9-13H,5-8H2,1-2H3. The first-order valence-corrected chi connectivity index (χ1v) is 10.2. The molecule has 5 rings (SSSR count). The fourth-order valence-corrected chi connectivity index (χ4v) is 4.04. The Balaban J connectivity index is 1.72. The summed E-state index contributed by atoms with van der Waals surface area (Å²) in [6.45, 7) is 2.75. The molecule has 1 aliphatic heterocycles. The fourth-order valence-electron chi connectivity index (χ4n) is 4.04. The lowest BCUT2D eigenvalue weighted by Crippen LogP contribution is -2.36. The Labute approximate surface area is 183 Å². The second kappa shape index (κ2) is 8.16. The predicted molar refractivity (Wildman–Crippen MR) is 117 cm³/mol. The summed E-state index contributed by atoms with van der Waals surface area (Å²) in [4.78, 5) is 11.1. The third-order valence-electron chi connectivity index (χ3n) is 5.56. The summed E-state index contributed by atoms with van der Waals surface area (Å²) in [6, 6.07) is 7.33. The molecule has 0 aliphatic carbocycles. The molecule has 1 saturated heterocycles. The van der Waals surface area contributed by atoms with E-state index in [4.69, 9.17) is 9.47 Å². The molecular weight excluding hydrogens is 416 g/mol. The van der Waals surface area contributed by atoms with Crippen LogP contribution in [0.2, 0.25) is 0 Å². The predicted octanol–water partition coefficient (Wildman–Crippen LogP) is 3.82. The van der Waals surface area contributed by atoms with Crippen molar-refractivity contribution in [2.75, 3.05) is 38.3 Å². The number of rotatable bonds is 4. The Morgan fingerprint density at radius 3 is 2.56 bits per heavy atom. The highest BCUT2D eigenvalue weighted by Gasteiger charge is 2.22. The van der Waals surface area contributed by atoms with E-state index in [1.54, 1.807) is 25.0 Å². The van der Waals surface area contributed by atoms with Gasteiger partial charge in [-0.15, -0.1) is 0 Å². The van der Waals surface area contributed by atoms with E-state index in [1.807, 2.05) is 12.1 Å². The molecule has 1 aliphatic rings. The van der Waals surface area contributed by atoms with Crippen LogP contribution in [-0.4, -0.2) is 53.2 Å². The first-order chi connectivity index (χ1) is 15.5. The highest BCUT2D eigenvalue weighted by Crippen LogP contribution is 2.39. The zero-order chi connectivity index (χ0) is 22.2. The summed E-state index contributed by atoms with van der Waals surface area (Å²) in [5, 5.41) is 5.23. The van der Waals surface area contributed by atoms with Gasteiger partial charge in [-0.2, -0.15) is 5.10 Å². The fraction of sp³-hybridized carbons (Fsp3) is 0.261. The van der Waals surface area contributed by atoms with Gasteiger partial charge in [-0.3, -0.25) is 4.68 Å². The average Bonchev–Trinajstić information content (AvgIpc) is 3.19. The van der Waals surface area contributed by atoms with Crippen LogP contribution in [-0.2, 0) is 11.8 Å². The molecule has 0 bridgehead atoms. The number of methoxy groups -OCH3 is 1. The molecule has 0 spiro atoms. The first kappa shape index (κ1) is 20.3. The van der Waals surface area contributed by atoms with Crippen LogP contribution in [0.4, 0.5) is 14.5 Å². The number of hydrogen-bond acceptors (Lipinski definition) is 6. The molecule has 9 heteroatoms. The zero-order valence-electron chi connectivity index (χ0n) is 17.7. The molecule has 0 amide bonds. The maximum Gasteiger partial charge on any atom is 0.144 e. The lowest BCUT2D eigenvalue weighted by Gasteiger charge is -2.30. The smallest absolute Gasteiger partial charge is 0.144 e. The number of halogens is 2. The second-order valence-electron chi connectivity index (χ2n) is 7.55. The van der Waals surface area contributed by atoms with E-state index in [-0.39, 0.29) is 5.56 Å². The number of morpholine rings is 1. The molecule has 4 aromatic rings. The van der Waals surface area contributed by atoms with Crippen LogP contribution in [0.25, 0.3) is 33.4 Å². The molecule has 0 radical (unpaired) electrons. The Kier molecular flexibility index (Phi) is 5.18. The van der Waals surface area contributed by atoms with Crippen LogP contribution in [0.15, 0.2) is 42.9 Å². The molecule has 32 heavy (non-hydrogen) atoms. The number of benzene rings is 2. The van der Waals surface area contributed by atoms with Crippen molar-refractivity contribution in [1.82, 2.24) is 19.7 Å². The molecule has 0 saturated carbocycles. The minimum atomic E-state index is -0.681. The Morgan fingerprint density at radius 1 is 1.00 bits per heavy atom. The van der Waals surface area contributed by atoms with Crippen molar-refractivity contribution in [3.05, 3.63) is 54.5 Å². The highest BCUT2D eigenvalue weighted by atomic mass is 19.1. The first-order valence-electron chi connectivity index (χ1n) is 10.2. The van der Waals surface area contributed by atoms with Gasteiger partial charge in [-0.25, -0.2) is 18.7 Å². The monoisotopic (exact) mass is 437 g/mol. The van der Waals surface area contributed by atoms with Gasteiger partial charge in [0.1, 0.15) is 29.4 Å². The minimum absolute atomic E-state index is 0.204. The van der Waals surface area contributed by atoms with Gasteiger partial charge in [-0.05, 0) is 18.2 Å². The van der Waals surface area contributed by atoms with Crippen molar-refractivity contribution in [3.8, 4) is 28.3 Å². The molecule has 0 unspecified atom stereocenters. The number of anilines is 1. The number of ether oxygens (including phenoxy) is 2. The number of aromatic nitrogens is 4. The summed E-state index contributed by atoms with van der Waals surface area (Å²) >= 11 is 0. The van der Waals surface area contributed by atoms with E-state index in [9.17, 15) is 8.78 Å². The number of nitrogens with zero attached hydrogens (tertiary/aromatic N) is 5. The third kappa shape index (κ3) is 3.54.